The Hall–Kier alpha value is -0.840. The van der Waals surface area contributed by atoms with Crippen molar-refractivity contribution in [2.45, 2.75) is 31.4 Å². The first-order valence-electron chi connectivity index (χ1n) is 5.54. The molecule has 3 aliphatic heterocycles. The fraction of sp³-hybridized carbons (Fsp3) is 0.636. The van der Waals surface area contributed by atoms with E-state index in [0.29, 0.717) is 6.42 Å². The number of rotatable bonds is 1. The average molecular weight is 286 g/mol. The smallest absolute Gasteiger partial charge is 0.315 e. The highest BCUT2D eigenvalue weighted by molar-refractivity contribution is 9.11. The number of halogens is 1. The quantitative estimate of drug-likeness (QED) is 0.680. The van der Waals surface area contributed by atoms with Gasteiger partial charge in [-0.1, -0.05) is 22.0 Å². The van der Waals surface area contributed by atoms with Crippen molar-refractivity contribution in [2.24, 2.45) is 5.92 Å². The van der Waals surface area contributed by atoms with Gasteiger partial charge in [-0.3, -0.25) is 9.59 Å². The van der Waals surface area contributed by atoms with Gasteiger partial charge in [0.1, 0.15) is 6.10 Å². The van der Waals surface area contributed by atoms with Crippen LogP contribution in [0.2, 0.25) is 0 Å². The molecule has 2 fully saturated rings. The topological polar surface area (TPSA) is 46.6 Å². The van der Waals surface area contributed by atoms with Gasteiger partial charge >= 0.3 is 5.97 Å². The molecule has 5 heteroatoms. The lowest BCUT2D eigenvalue weighted by Gasteiger charge is -2.42. The second kappa shape index (κ2) is 3.58. The van der Waals surface area contributed by atoms with Gasteiger partial charge in [-0.15, -0.1) is 0 Å². The second-order valence-corrected chi connectivity index (χ2v) is 5.41. The van der Waals surface area contributed by atoms with Crippen LogP contribution in [-0.2, 0) is 14.3 Å². The van der Waals surface area contributed by atoms with Crippen molar-refractivity contribution in [3.63, 3.8) is 0 Å². The Kier molecular flexibility index (Phi) is 2.31. The molecule has 0 unspecified atom stereocenters. The number of hydrogen-bond acceptors (Lipinski definition) is 3. The third-order valence-electron chi connectivity index (χ3n) is 3.56. The first-order chi connectivity index (χ1) is 7.66. The first kappa shape index (κ1) is 10.3. The molecule has 2 saturated heterocycles. The van der Waals surface area contributed by atoms with Crippen LogP contribution in [0.3, 0.4) is 0 Å². The Morgan fingerprint density at radius 2 is 2.25 bits per heavy atom. The summed E-state index contributed by atoms with van der Waals surface area (Å²) in [5.74, 6) is -0.291. The van der Waals surface area contributed by atoms with Crippen LogP contribution < -0.4 is 0 Å². The van der Waals surface area contributed by atoms with Gasteiger partial charge < -0.3 is 9.64 Å². The minimum absolute atomic E-state index is 0.0162. The number of esters is 1. The SMILES string of the molecule is O=C1O[C@H]2C[C@@H](N3CCCC3=O)[C@@H]1C=C2Br. The Balaban J connectivity index is 1.89. The number of nitrogens with zero attached hydrogens (tertiary/aromatic N) is 1. The van der Waals surface area contributed by atoms with E-state index in [1.165, 1.54) is 0 Å². The lowest BCUT2D eigenvalue weighted by molar-refractivity contribution is -0.163. The van der Waals surface area contributed by atoms with Gasteiger partial charge in [-0.2, -0.15) is 0 Å². The minimum atomic E-state index is -0.276. The Morgan fingerprint density at radius 1 is 1.44 bits per heavy atom. The van der Waals surface area contributed by atoms with E-state index < -0.39 is 0 Å². The molecule has 2 bridgehead atoms. The molecule has 1 amide bonds. The number of carbonyl (C=O) groups is 2. The summed E-state index contributed by atoms with van der Waals surface area (Å²) in [6.45, 7) is 0.783. The average Bonchev–Trinajstić information content (AvgIpc) is 2.66. The second-order valence-electron chi connectivity index (χ2n) is 4.50. The first-order valence-corrected chi connectivity index (χ1v) is 6.33. The summed E-state index contributed by atoms with van der Waals surface area (Å²) < 4.78 is 6.17. The van der Waals surface area contributed by atoms with Crippen LogP contribution in [0, 0.1) is 5.92 Å². The van der Waals surface area contributed by atoms with Gasteiger partial charge in [0.25, 0.3) is 0 Å². The molecule has 4 rings (SSSR count). The predicted octanol–water partition coefficient (Wildman–Crippen LogP) is 1.20. The molecule has 0 radical (unpaired) electrons. The number of fused-ring (bicyclic) bond motifs is 2. The lowest BCUT2D eigenvalue weighted by atomic mass is 9.85. The van der Waals surface area contributed by atoms with E-state index in [9.17, 15) is 9.59 Å². The zero-order valence-corrected chi connectivity index (χ0v) is 10.3. The van der Waals surface area contributed by atoms with E-state index in [4.69, 9.17) is 4.74 Å². The molecule has 86 valence electrons. The molecular formula is C11H12BrNO3. The maximum absolute atomic E-state index is 11.7. The highest BCUT2D eigenvalue weighted by Gasteiger charge is 2.47. The van der Waals surface area contributed by atoms with E-state index in [1.54, 1.807) is 0 Å². The van der Waals surface area contributed by atoms with Crippen LogP contribution in [0.1, 0.15) is 19.3 Å². The van der Waals surface area contributed by atoms with Gasteiger partial charge in [0.05, 0.1) is 12.0 Å². The number of carbonyl (C=O) groups excluding carboxylic acids is 2. The van der Waals surface area contributed by atoms with Crippen molar-refractivity contribution in [3.8, 4) is 0 Å². The molecule has 4 nitrogen and oxygen atoms in total. The number of ether oxygens (including phenoxy) is 1. The molecule has 0 N–H and O–H groups in total. The molecule has 1 aliphatic carbocycles. The highest BCUT2D eigenvalue weighted by Crippen LogP contribution is 2.39. The maximum Gasteiger partial charge on any atom is 0.315 e. The standard InChI is InChI=1S/C11H12BrNO3/c12-7-4-6-8(5-9(7)16-11(6)15)13-3-1-2-10(13)14/h4,6,8-9H,1-3,5H2/t6-,8+,9-/m0/s1. The minimum Gasteiger partial charge on any atom is -0.456 e. The lowest BCUT2D eigenvalue weighted by Crippen LogP contribution is -2.53. The summed E-state index contributed by atoms with van der Waals surface area (Å²) in [7, 11) is 0. The molecule has 16 heavy (non-hydrogen) atoms. The molecule has 0 aromatic heterocycles. The molecule has 0 aromatic rings. The van der Waals surface area contributed by atoms with Gasteiger partial charge in [0.2, 0.25) is 5.91 Å². The highest BCUT2D eigenvalue weighted by atomic mass is 79.9. The number of likely N-dealkylation sites (tertiary alicyclic amines) is 1. The van der Waals surface area contributed by atoms with Crippen LogP contribution in [0.4, 0.5) is 0 Å². The Labute approximate surface area is 102 Å². The van der Waals surface area contributed by atoms with Crippen LogP contribution in [-0.4, -0.2) is 35.5 Å². The van der Waals surface area contributed by atoms with Gasteiger partial charge in [0, 0.05) is 23.9 Å². The maximum atomic E-state index is 11.7. The van der Waals surface area contributed by atoms with Crippen LogP contribution in [0.25, 0.3) is 0 Å². The van der Waals surface area contributed by atoms with Crippen molar-refractivity contribution >= 4 is 27.8 Å². The van der Waals surface area contributed by atoms with Gasteiger partial charge in [-0.25, -0.2) is 0 Å². The van der Waals surface area contributed by atoms with Crippen molar-refractivity contribution in [1.29, 1.82) is 0 Å². The van der Waals surface area contributed by atoms with E-state index in [1.807, 2.05) is 11.0 Å². The zero-order valence-electron chi connectivity index (χ0n) is 8.69. The summed E-state index contributed by atoms with van der Waals surface area (Å²) >= 11 is 3.40. The summed E-state index contributed by atoms with van der Waals surface area (Å²) in [6, 6.07) is 0.0162. The number of amides is 1. The van der Waals surface area contributed by atoms with Crippen LogP contribution in [0.5, 0.6) is 0 Å². The summed E-state index contributed by atoms with van der Waals surface area (Å²) in [5.41, 5.74) is 0. The zero-order chi connectivity index (χ0) is 11.3. The summed E-state index contributed by atoms with van der Waals surface area (Å²) in [4.78, 5) is 25.2. The molecule has 4 aliphatic rings. The third-order valence-corrected chi connectivity index (χ3v) is 4.33. The monoisotopic (exact) mass is 285 g/mol. The third kappa shape index (κ3) is 1.41. The fourth-order valence-corrected chi connectivity index (χ4v) is 3.32. The van der Waals surface area contributed by atoms with E-state index in [-0.39, 0.29) is 29.9 Å². The van der Waals surface area contributed by atoms with Crippen molar-refractivity contribution in [2.75, 3.05) is 6.54 Å². The van der Waals surface area contributed by atoms with Gasteiger partial charge in [-0.05, 0) is 6.42 Å². The van der Waals surface area contributed by atoms with Gasteiger partial charge in [0.15, 0.2) is 0 Å². The molecular weight excluding hydrogens is 274 g/mol. The largest absolute Gasteiger partial charge is 0.456 e. The molecule has 0 spiro atoms. The van der Waals surface area contributed by atoms with Crippen molar-refractivity contribution in [3.05, 3.63) is 10.6 Å². The van der Waals surface area contributed by atoms with Crippen LogP contribution in [0.15, 0.2) is 10.6 Å². The molecule has 3 heterocycles. The fourth-order valence-electron chi connectivity index (χ4n) is 2.76. The summed E-state index contributed by atoms with van der Waals surface area (Å²) in [6.07, 6.45) is 3.98. The Bertz CT molecular complexity index is 393. The Morgan fingerprint density at radius 3 is 2.88 bits per heavy atom. The van der Waals surface area contributed by atoms with Crippen molar-refractivity contribution in [1.82, 2.24) is 4.90 Å². The summed E-state index contributed by atoms with van der Waals surface area (Å²) in [5, 5.41) is 0. The number of hydrogen-bond donors (Lipinski definition) is 0. The van der Waals surface area contributed by atoms with Crippen LogP contribution >= 0.6 is 15.9 Å². The molecule has 0 saturated carbocycles. The normalized spacial score (nSPS) is 37.7. The predicted molar refractivity (Wildman–Crippen MR) is 59.7 cm³/mol. The van der Waals surface area contributed by atoms with E-state index in [0.717, 1.165) is 23.9 Å². The van der Waals surface area contributed by atoms with E-state index >= 15 is 0 Å². The van der Waals surface area contributed by atoms with Crippen molar-refractivity contribution < 1.29 is 14.3 Å². The van der Waals surface area contributed by atoms with E-state index in [2.05, 4.69) is 15.9 Å². The molecule has 0 aromatic carbocycles. The molecule has 3 atom stereocenters.